The van der Waals surface area contributed by atoms with Gasteiger partial charge in [-0.15, -0.1) is 0 Å². The highest BCUT2D eigenvalue weighted by Gasteiger charge is 2.32. The maximum absolute atomic E-state index is 13.2. The van der Waals surface area contributed by atoms with Gasteiger partial charge in [-0.2, -0.15) is 5.10 Å². The Morgan fingerprint density at radius 3 is 2.86 bits per heavy atom. The summed E-state index contributed by atoms with van der Waals surface area (Å²) in [6.45, 7) is 1.82. The van der Waals surface area contributed by atoms with Gasteiger partial charge in [0.1, 0.15) is 12.4 Å². The molecule has 1 unspecified atom stereocenters. The quantitative estimate of drug-likeness (QED) is 0.767. The van der Waals surface area contributed by atoms with E-state index < -0.39 is 0 Å². The van der Waals surface area contributed by atoms with Crippen molar-refractivity contribution in [3.63, 3.8) is 0 Å². The van der Waals surface area contributed by atoms with E-state index in [1.54, 1.807) is 0 Å². The third-order valence-electron chi connectivity index (χ3n) is 5.77. The summed E-state index contributed by atoms with van der Waals surface area (Å²) in [6.07, 6.45) is 2.36. The summed E-state index contributed by atoms with van der Waals surface area (Å²) in [4.78, 5) is 15.2. The van der Waals surface area contributed by atoms with E-state index in [-0.39, 0.29) is 11.8 Å². The number of aromatic amines is 1. The van der Waals surface area contributed by atoms with Gasteiger partial charge < -0.3 is 9.64 Å². The van der Waals surface area contributed by atoms with Gasteiger partial charge in [-0.3, -0.25) is 9.89 Å². The Bertz CT molecular complexity index is 996. The van der Waals surface area contributed by atoms with Crippen LogP contribution in [0.4, 0.5) is 0 Å². The van der Waals surface area contributed by atoms with Crippen LogP contribution in [0.5, 0.6) is 5.75 Å². The normalized spacial score (nSPS) is 18.1. The fourth-order valence-corrected chi connectivity index (χ4v) is 4.22. The zero-order valence-corrected chi connectivity index (χ0v) is 15.7. The molecular weight excluding hydrogens is 350 g/mol. The number of fused-ring (bicyclic) bond motifs is 2. The summed E-state index contributed by atoms with van der Waals surface area (Å²) < 4.78 is 5.84. The molecule has 0 bridgehead atoms. The zero-order valence-electron chi connectivity index (χ0n) is 15.7. The van der Waals surface area contributed by atoms with Crippen molar-refractivity contribution in [2.75, 3.05) is 13.2 Å². The smallest absolute Gasteiger partial charge is 0.229 e. The van der Waals surface area contributed by atoms with E-state index in [4.69, 9.17) is 4.74 Å². The summed E-state index contributed by atoms with van der Waals surface area (Å²) in [7, 11) is 0. The maximum Gasteiger partial charge on any atom is 0.229 e. The number of carbonyl (C=O) groups excluding carboxylic acids is 1. The lowest BCUT2D eigenvalue weighted by atomic mass is 9.94. The molecule has 0 radical (unpaired) electrons. The molecule has 1 N–H and O–H groups in total. The molecule has 1 atom stereocenters. The van der Waals surface area contributed by atoms with E-state index in [0.29, 0.717) is 13.2 Å². The molecule has 0 saturated carbocycles. The first-order valence-corrected chi connectivity index (χ1v) is 9.86. The summed E-state index contributed by atoms with van der Waals surface area (Å²) in [6, 6.07) is 18.4. The fraction of sp³-hybridized carbons (Fsp3) is 0.304. The molecule has 1 aromatic heterocycles. The van der Waals surface area contributed by atoms with Gasteiger partial charge in [0.25, 0.3) is 0 Å². The van der Waals surface area contributed by atoms with Crippen molar-refractivity contribution >= 4 is 5.91 Å². The molecule has 5 nitrogen and oxygen atoms in total. The van der Waals surface area contributed by atoms with E-state index in [2.05, 4.69) is 28.4 Å². The topological polar surface area (TPSA) is 58.2 Å². The minimum atomic E-state index is -0.110. The number of rotatable bonds is 3. The van der Waals surface area contributed by atoms with Crippen LogP contribution in [0.25, 0.3) is 0 Å². The lowest BCUT2D eigenvalue weighted by Crippen LogP contribution is -2.43. The van der Waals surface area contributed by atoms with Gasteiger partial charge >= 0.3 is 0 Å². The Morgan fingerprint density at radius 1 is 1.14 bits per heavy atom. The predicted octanol–water partition coefficient (Wildman–Crippen LogP) is 3.14. The number of H-pyrrole nitrogens is 1. The van der Waals surface area contributed by atoms with Crippen LogP contribution in [0.3, 0.4) is 0 Å². The second-order valence-corrected chi connectivity index (χ2v) is 7.62. The highest BCUT2D eigenvalue weighted by atomic mass is 16.5. The van der Waals surface area contributed by atoms with Crippen molar-refractivity contribution in [2.24, 2.45) is 5.92 Å². The van der Waals surface area contributed by atoms with Crippen LogP contribution in [0.2, 0.25) is 0 Å². The lowest BCUT2D eigenvalue weighted by Gasteiger charge is -2.32. The Morgan fingerprint density at radius 2 is 1.96 bits per heavy atom. The number of aromatic nitrogens is 2. The predicted molar refractivity (Wildman–Crippen MR) is 106 cm³/mol. The SMILES string of the molecule is O=C(C1COc2ccccc2C1)N1CCc2[nH]nc(Cc3ccccc3)c2C1. The zero-order chi connectivity index (χ0) is 18.9. The number of amides is 1. The number of nitrogens with zero attached hydrogens (tertiary/aromatic N) is 2. The van der Waals surface area contributed by atoms with E-state index in [9.17, 15) is 4.79 Å². The van der Waals surface area contributed by atoms with Gasteiger partial charge in [0.05, 0.1) is 11.6 Å². The van der Waals surface area contributed by atoms with Gasteiger partial charge in [0.2, 0.25) is 5.91 Å². The van der Waals surface area contributed by atoms with E-state index in [1.807, 2.05) is 41.3 Å². The molecule has 0 aliphatic carbocycles. The molecule has 142 valence electrons. The molecule has 0 spiro atoms. The second kappa shape index (κ2) is 7.15. The van der Waals surface area contributed by atoms with Crippen molar-refractivity contribution in [3.05, 3.63) is 82.7 Å². The number of benzene rings is 2. The molecule has 2 aliphatic heterocycles. The van der Waals surface area contributed by atoms with Crippen LogP contribution < -0.4 is 4.74 Å². The monoisotopic (exact) mass is 373 g/mol. The average Bonchev–Trinajstić information content (AvgIpc) is 3.15. The van der Waals surface area contributed by atoms with Crippen molar-refractivity contribution in [1.29, 1.82) is 0 Å². The first-order chi connectivity index (χ1) is 13.8. The van der Waals surface area contributed by atoms with Crippen molar-refractivity contribution in [2.45, 2.75) is 25.8 Å². The van der Waals surface area contributed by atoms with Gasteiger partial charge in [0.15, 0.2) is 0 Å². The van der Waals surface area contributed by atoms with Crippen molar-refractivity contribution in [1.82, 2.24) is 15.1 Å². The third-order valence-corrected chi connectivity index (χ3v) is 5.77. The summed E-state index contributed by atoms with van der Waals surface area (Å²) in [5.41, 5.74) is 5.75. The molecule has 1 amide bonds. The highest BCUT2D eigenvalue weighted by Crippen LogP contribution is 2.29. The molecule has 0 saturated heterocycles. The Hall–Kier alpha value is -3.08. The first kappa shape index (κ1) is 17.0. The molecule has 3 aromatic rings. The van der Waals surface area contributed by atoms with Crippen LogP contribution >= 0.6 is 0 Å². The molecule has 5 rings (SSSR count). The van der Waals surface area contributed by atoms with Crippen LogP contribution in [-0.4, -0.2) is 34.2 Å². The van der Waals surface area contributed by atoms with E-state index >= 15 is 0 Å². The fourth-order valence-electron chi connectivity index (χ4n) is 4.22. The van der Waals surface area contributed by atoms with Crippen LogP contribution in [0.15, 0.2) is 54.6 Å². The third kappa shape index (κ3) is 3.17. The standard InChI is InChI=1S/C23H23N3O2/c27-23(18-13-17-8-4-5-9-22(17)28-15-18)26-11-10-20-19(14-26)21(25-24-20)12-16-6-2-1-3-7-16/h1-9,18H,10-15H2,(H,24,25). The second-order valence-electron chi connectivity index (χ2n) is 7.62. The number of para-hydroxylation sites is 1. The van der Waals surface area contributed by atoms with Crippen LogP contribution in [0.1, 0.15) is 28.1 Å². The van der Waals surface area contributed by atoms with Crippen LogP contribution in [0, 0.1) is 5.92 Å². The summed E-state index contributed by atoms with van der Waals surface area (Å²) >= 11 is 0. The van der Waals surface area contributed by atoms with Gasteiger partial charge in [-0.1, -0.05) is 48.5 Å². The molecule has 2 aromatic carbocycles. The Labute approximate surface area is 164 Å². The molecule has 28 heavy (non-hydrogen) atoms. The average molecular weight is 373 g/mol. The minimum Gasteiger partial charge on any atom is -0.492 e. The number of hydrogen-bond donors (Lipinski definition) is 1. The lowest BCUT2D eigenvalue weighted by molar-refractivity contribution is -0.137. The molecule has 3 heterocycles. The minimum absolute atomic E-state index is 0.110. The molecule has 5 heteroatoms. The van der Waals surface area contributed by atoms with E-state index in [0.717, 1.165) is 42.8 Å². The molecule has 0 fully saturated rings. The molecular formula is C23H23N3O2. The van der Waals surface area contributed by atoms with Gasteiger partial charge in [-0.25, -0.2) is 0 Å². The Kier molecular flexibility index (Phi) is 4.35. The molecule has 2 aliphatic rings. The summed E-state index contributed by atoms with van der Waals surface area (Å²) in [5.74, 6) is 0.986. The van der Waals surface area contributed by atoms with Gasteiger partial charge in [0, 0.05) is 37.2 Å². The largest absolute Gasteiger partial charge is 0.492 e. The van der Waals surface area contributed by atoms with Crippen molar-refractivity contribution < 1.29 is 9.53 Å². The van der Waals surface area contributed by atoms with Crippen LogP contribution in [-0.2, 0) is 30.6 Å². The Balaban J connectivity index is 1.32. The number of nitrogens with one attached hydrogen (secondary N) is 1. The number of ether oxygens (including phenoxy) is 1. The summed E-state index contributed by atoms with van der Waals surface area (Å²) in [5, 5.41) is 7.73. The number of hydrogen-bond acceptors (Lipinski definition) is 3. The van der Waals surface area contributed by atoms with Crippen molar-refractivity contribution in [3.8, 4) is 5.75 Å². The van der Waals surface area contributed by atoms with Gasteiger partial charge in [-0.05, 0) is 23.6 Å². The highest BCUT2D eigenvalue weighted by molar-refractivity contribution is 5.80. The maximum atomic E-state index is 13.2. The first-order valence-electron chi connectivity index (χ1n) is 9.86. The van der Waals surface area contributed by atoms with E-state index in [1.165, 1.54) is 16.8 Å². The number of carbonyl (C=O) groups is 1.